The first kappa shape index (κ1) is 18.2. The molecule has 0 unspecified atom stereocenters. The van der Waals surface area contributed by atoms with Gasteiger partial charge < -0.3 is 5.11 Å². The van der Waals surface area contributed by atoms with Crippen LogP contribution in [-0.4, -0.2) is 32.7 Å². The Kier molecular flexibility index (Phi) is 6.11. The van der Waals surface area contributed by atoms with Gasteiger partial charge in [-0.3, -0.25) is 14.5 Å². The van der Waals surface area contributed by atoms with Crippen molar-refractivity contribution >= 4 is 57.0 Å². The summed E-state index contributed by atoms with van der Waals surface area (Å²) in [6.07, 6.45) is 1.94. The van der Waals surface area contributed by atoms with Crippen LogP contribution < -0.4 is 0 Å². The summed E-state index contributed by atoms with van der Waals surface area (Å²) in [7, 11) is 0. The number of carboxylic acid groups (broad SMARTS) is 1. The molecule has 1 aliphatic heterocycles. The van der Waals surface area contributed by atoms with E-state index in [1.165, 1.54) is 17.1 Å². The molecule has 0 spiro atoms. The molecule has 0 radical (unpaired) electrons. The van der Waals surface area contributed by atoms with Gasteiger partial charge in [0.25, 0.3) is 11.9 Å². The third kappa shape index (κ3) is 4.21. The van der Waals surface area contributed by atoms with Crippen molar-refractivity contribution in [3.63, 3.8) is 0 Å². The van der Waals surface area contributed by atoms with E-state index in [0.717, 1.165) is 17.9 Å². The van der Waals surface area contributed by atoms with E-state index in [1.54, 1.807) is 4.90 Å². The molecule has 0 aliphatic carbocycles. The van der Waals surface area contributed by atoms with Crippen LogP contribution in [0.15, 0.2) is 47.4 Å². The minimum atomic E-state index is -0.833. The van der Waals surface area contributed by atoms with E-state index >= 15 is 0 Å². The number of carbonyl (C=O) groups excluding carboxylic acids is 1. The maximum absolute atomic E-state index is 12.2. The smallest absolute Gasteiger partial charge is 0.300 e. The van der Waals surface area contributed by atoms with Crippen molar-refractivity contribution in [1.82, 2.24) is 4.90 Å². The van der Waals surface area contributed by atoms with Crippen LogP contribution in [0.5, 0.6) is 0 Å². The van der Waals surface area contributed by atoms with Crippen molar-refractivity contribution in [3.8, 4) is 0 Å². The van der Waals surface area contributed by atoms with Gasteiger partial charge in [0.2, 0.25) is 0 Å². The number of hydrogen-bond donors (Lipinski definition) is 1. The Labute approximate surface area is 150 Å². The van der Waals surface area contributed by atoms with Crippen LogP contribution in [-0.2, 0) is 9.59 Å². The number of likely N-dealkylation sites (N-methyl/N-ethyl adjacent to an activating group) is 1. The van der Waals surface area contributed by atoms with Gasteiger partial charge >= 0.3 is 0 Å². The molecule has 1 saturated heterocycles. The molecule has 0 bridgehead atoms. The Balaban J connectivity index is 0.000000471. The fourth-order valence-electron chi connectivity index (χ4n) is 2.29. The van der Waals surface area contributed by atoms with Crippen LogP contribution in [0.25, 0.3) is 16.8 Å². The van der Waals surface area contributed by atoms with Crippen molar-refractivity contribution in [2.45, 2.75) is 13.8 Å². The van der Waals surface area contributed by atoms with Crippen LogP contribution in [0.2, 0.25) is 0 Å². The summed E-state index contributed by atoms with van der Waals surface area (Å²) in [5, 5.41) is 9.74. The number of benzene rings is 2. The zero-order valence-corrected chi connectivity index (χ0v) is 15.0. The Morgan fingerprint density at radius 3 is 2.50 bits per heavy atom. The molecular formula is C18H17NO3S2. The lowest BCUT2D eigenvalue weighted by molar-refractivity contribution is -0.134. The molecular weight excluding hydrogens is 342 g/mol. The summed E-state index contributed by atoms with van der Waals surface area (Å²) in [6, 6.07) is 14.3. The van der Waals surface area contributed by atoms with E-state index in [4.69, 9.17) is 22.1 Å². The van der Waals surface area contributed by atoms with E-state index in [-0.39, 0.29) is 5.91 Å². The summed E-state index contributed by atoms with van der Waals surface area (Å²) in [6.45, 7) is 3.64. The van der Waals surface area contributed by atoms with Gasteiger partial charge in [-0.25, -0.2) is 0 Å². The van der Waals surface area contributed by atoms with Crippen molar-refractivity contribution in [2.24, 2.45) is 0 Å². The number of rotatable bonds is 2. The Morgan fingerprint density at radius 2 is 1.88 bits per heavy atom. The first-order chi connectivity index (χ1) is 11.4. The second-order valence-electron chi connectivity index (χ2n) is 5.01. The quantitative estimate of drug-likeness (QED) is 0.645. The topological polar surface area (TPSA) is 57.6 Å². The van der Waals surface area contributed by atoms with Crippen molar-refractivity contribution in [1.29, 1.82) is 0 Å². The zero-order valence-electron chi connectivity index (χ0n) is 13.4. The number of aliphatic carboxylic acids is 1. The lowest BCUT2D eigenvalue weighted by Gasteiger charge is -2.09. The predicted molar refractivity (Wildman–Crippen MR) is 103 cm³/mol. The van der Waals surface area contributed by atoms with E-state index in [1.807, 2.05) is 37.3 Å². The van der Waals surface area contributed by atoms with Gasteiger partial charge in [0.15, 0.2) is 0 Å². The highest BCUT2D eigenvalue weighted by atomic mass is 32.2. The summed E-state index contributed by atoms with van der Waals surface area (Å²) in [4.78, 5) is 23.6. The number of fused-ring (bicyclic) bond motifs is 1. The Hall–Kier alpha value is -2.18. The Morgan fingerprint density at radius 1 is 1.25 bits per heavy atom. The van der Waals surface area contributed by atoms with Gasteiger partial charge in [-0.05, 0) is 29.3 Å². The highest BCUT2D eigenvalue weighted by Crippen LogP contribution is 2.33. The van der Waals surface area contributed by atoms with Gasteiger partial charge in [0.1, 0.15) is 4.32 Å². The second kappa shape index (κ2) is 8.08. The molecule has 1 fully saturated rings. The fourth-order valence-corrected chi connectivity index (χ4v) is 3.67. The summed E-state index contributed by atoms with van der Waals surface area (Å²) >= 11 is 6.61. The largest absolute Gasteiger partial charge is 0.481 e. The first-order valence-corrected chi connectivity index (χ1v) is 8.59. The van der Waals surface area contributed by atoms with Gasteiger partial charge in [-0.1, -0.05) is 66.4 Å². The Bertz CT molecular complexity index is 821. The van der Waals surface area contributed by atoms with E-state index in [0.29, 0.717) is 15.8 Å². The van der Waals surface area contributed by atoms with Crippen molar-refractivity contribution in [2.75, 3.05) is 6.54 Å². The molecule has 0 saturated carbocycles. The number of nitrogens with zero attached hydrogens (tertiary/aromatic N) is 1. The molecule has 124 valence electrons. The molecule has 0 aromatic heterocycles. The molecule has 1 heterocycles. The highest BCUT2D eigenvalue weighted by molar-refractivity contribution is 8.26. The van der Waals surface area contributed by atoms with Crippen LogP contribution in [0.4, 0.5) is 0 Å². The molecule has 24 heavy (non-hydrogen) atoms. The monoisotopic (exact) mass is 359 g/mol. The maximum Gasteiger partial charge on any atom is 0.300 e. The highest BCUT2D eigenvalue weighted by Gasteiger charge is 2.30. The average Bonchev–Trinajstić information content (AvgIpc) is 2.81. The third-order valence-corrected chi connectivity index (χ3v) is 4.68. The molecule has 3 rings (SSSR count). The predicted octanol–water partition coefficient (Wildman–Crippen LogP) is 4.15. The third-order valence-electron chi connectivity index (χ3n) is 3.30. The standard InChI is InChI=1S/C16H13NOS2.C2H4O2/c1-2-17-15(18)14(20-16(17)19)10-12-8-5-7-11-6-3-4-9-13(11)12;1-2(3)4/h3-10H,2H2,1H3;1H3,(H,3,4)/b14-10+;. The van der Waals surface area contributed by atoms with Crippen LogP contribution >= 0.6 is 24.0 Å². The molecule has 1 amide bonds. The average molecular weight is 359 g/mol. The molecule has 4 nitrogen and oxygen atoms in total. The fraction of sp³-hybridized carbons (Fsp3) is 0.167. The van der Waals surface area contributed by atoms with Crippen LogP contribution in [0, 0.1) is 0 Å². The minimum absolute atomic E-state index is 0.00966. The van der Waals surface area contributed by atoms with Crippen molar-refractivity contribution < 1.29 is 14.7 Å². The van der Waals surface area contributed by atoms with Crippen LogP contribution in [0.1, 0.15) is 19.4 Å². The lowest BCUT2D eigenvalue weighted by atomic mass is 10.0. The summed E-state index contributed by atoms with van der Waals surface area (Å²) < 4.78 is 0.643. The molecule has 2 aromatic carbocycles. The number of hydrogen-bond acceptors (Lipinski definition) is 4. The van der Waals surface area contributed by atoms with Gasteiger partial charge in [0, 0.05) is 13.5 Å². The molecule has 1 N–H and O–H groups in total. The van der Waals surface area contributed by atoms with E-state index < -0.39 is 5.97 Å². The lowest BCUT2D eigenvalue weighted by Crippen LogP contribution is -2.27. The van der Waals surface area contributed by atoms with E-state index in [9.17, 15) is 4.79 Å². The minimum Gasteiger partial charge on any atom is -0.481 e. The molecule has 0 atom stereocenters. The number of thioether (sulfide) groups is 1. The maximum atomic E-state index is 12.2. The summed E-state index contributed by atoms with van der Waals surface area (Å²) in [5.41, 5.74) is 1.06. The number of thiocarbonyl (C=S) groups is 1. The normalized spacial score (nSPS) is 15.6. The number of amides is 1. The van der Waals surface area contributed by atoms with E-state index in [2.05, 4.69) is 18.2 Å². The van der Waals surface area contributed by atoms with Gasteiger partial charge in [0.05, 0.1) is 4.91 Å². The second-order valence-corrected chi connectivity index (χ2v) is 6.69. The number of carbonyl (C=O) groups is 2. The molecule has 2 aromatic rings. The van der Waals surface area contributed by atoms with Gasteiger partial charge in [-0.2, -0.15) is 0 Å². The molecule has 1 aliphatic rings. The summed E-state index contributed by atoms with van der Waals surface area (Å²) in [5.74, 6) is -0.824. The number of carboxylic acids is 1. The van der Waals surface area contributed by atoms with Crippen molar-refractivity contribution in [3.05, 3.63) is 52.9 Å². The molecule has 6 heteroatoms. The van der Waals surface area contributed by atoms with Crippen LogP contribution in [0.3, 0.4) is 0 Å². The first-order valence-electron chi connectivity index (χ1n) is 7.36. The SMILES string of the molecule is CC(=O)O.CCN1C(=O)/C(=C\c2cccc3ccccc23)SC1=S. The van der Waals surface area contributed by atoms with Gasteiger partial charge in [-0.15, -0.1) is 0 Å². The zero-order chi connectivity index (χ0) is 17.7.